The SMILES string of the molecule is Cn1cccc(C(=O)N2C[C@H](CO)C[C@@H](CN3CCOCC3)C2)c1=O. The number of pyridine rings is 1. The topological polar surface area (TPSA) is 75.0 Å². The van der Waals surface area contributed by atoms with Crippen LogP contribution in [-0.4, -0.2) is 77.9 Å². The van der Waals surface area contributed by atoms with E-state index in [1.807, 2.05) is 0 Å². The Hall–Kier alpha value is -1.70. The summed E-state index contributed by atoms with van der Waals surface area (Å²) in [5, 5.41) is 9.65. The molecule has 0 bridgehead atoms. The van der Waals surface area contributed by atoms with Crippen LogP contribution in [0.25, 0.3) is 0 Å². The van der Waals surface area contributed by atoms with Gasteiger partial charge < -0.3 is 19.3 Å². The van der Waals surface area contributed by atoms with Gasteiger partial charge >= 0.3 is 0 Å². The Labute approximate surface area is 147 Å². The predicted octanol–water partition coefficient (Wildman–Crippen LogP) is -0.212. The molecule has 0 aromatic carbocycles. The summed E-state index contributed by atoms with van der Waals surface area (Å²) in [5.41, 5.74) is -0.0722. The number of ether oxygens (including phenoxy) is 1. The van der Waals surface area contributed by atoms with E-state index in [4.69, 9.17) is 4.74 Å². The van der Waals surface area contributed by atoms with Crippen molar-refractivity contribution in [3.8, 4) is 0 Å². The molecule has 1 N–H and O–H groups in total. The molecule has 1 aromatic heterocycles. The van der Waals surface area contributed by atoms with E-state index < -0.39 is 0 Å². The molecule has 1 amide bonds. The molecular formula is C18H27N3O4. The second-order valence-electron chi connectivity index (χ2n) is 7.11. The highest BCUT2D eigenvalue weighted by molar-refractivity contribution is 5.93. The third-order valence-corrected chi connectivity index (χ3v) is 5.14. The quantitative estimate of drug-likeness (QED) is 0.814. The lowest BCUT2D eigenvalue weighted by Gasteiger charge is -2.40. The van der Waals surface area contributed by atoms with E-state index in [0.29, 0.717) is 19.0 Å². The maximum Gasteiger partial charge on any atom is 0.263 e. The number of piperidine rings is 1. The lowest BCUT2D eigenvalue weighted by Crippen LogP contribution is -2.50. The Morgan fingerprint density at radius 3 is 2.72 bits per heavy atom. The summed E-state index contributed by atoms with van der Waals surface area (Å²) in [7, 11) is 1.65. The Morgan fingerprint density at radius 1 is 1.28 bits per heavy atom. The van der Waals surface area contributed by atoms with Gasteiger partial charge in [0.1, 0.15) is 5.56 Å². The van der Waals surface area contributed by atoms with Crippen LogP contribution in [0.15, 0.2) is 23.1 Å². The van der Waals surface area contributed by atoms with E-state index in [1.165, 1.54) is 4.57 Å². The third kappa shape index (κ3) is 4.29. The zero-order valence-corrected chi connectivity index (χ0v) is 14.8. The van der Waals surface area contributed by atoms with E-state index in [9.17, 15) is 14.7 Å². The Balaban J connectivity index is 1.72. The summed E-state index contributed by atoms with van der Waals surface area (Å²) >= 11 is 0. The number of aryl methyl sites for hydroxylation is 1. The molecule has 2 atom stereocenters. The summed E-state index contributed by atoms with van der Waals surface area (Å²) in [4.78, 5) is 29.2. The zero-order chi connectivity index (χ0) is 17.8. The fourth-order valence-electron chi connectivity index (χ4n) is 3.83. The van der Waals surface area contributed by atoms with Crippen molar-refractivity contribution in [3.05, 3.63) is 34.2 Å². The summed E-state index contributed by atoms with van der Waals surface area (Å²) in [6, 6.07) is 3.30. The van der Waals surface area contributed by atoms with E-state index in [0.717, 1.165) is 39.3 Å². The Kier molecular flexibility index (Phi) is 5.88. The minimum absolute atomic E-state index is 0.0657. The van der Waals surface area contributed by atoms with Crippen molar-refractivity contribution >= 4 is 5.91 Å². The normalized spacial score (nSPS) is 25.1. The molecule has 0 radical (unpaired) electrons. The van der Waals surface area contributed by atoms with Crippen LogP contribution in [0.1, 0.15) is 16.8 Å². The lowest BCUT2D eigenvalue weighted by molar-refractivity contribution is 0.0129. The Morgan fingerprint density at radius 2 is 2.00 bits per heavy atom. The van der Waals surface area contributed by atoms with Gasteiger partial charge in [0.2, 0.25) is 0 Å². The molecule has 25 heavy (non-hydrogen) atoms. The van der Waals surface area contributed by atoms with Gasteiger partial charge in [-0.15, -0.1) is 0 Å². The van der Waals surface area contributed by atoms with Crippen LogP contribution in [0, 0.1) is 11.8 Å². The van der Waals surface area contributed by atoms with Gasteiger partial charge in [0.05, 0.1) is 13.2 Å². The molecule has 1 aromatic rings. The van der Waals surface area contributed by atoms with Crippen LogP contribution in [-0.2, 0) is 11.8 Å². The second kappa shape index (κ2) is 8.12. The highest BCUT2D eigenvalue weighted by Crippen LogP contribution is 2.24. The number of aliphatic hydroxyl groups is 1. The highest BCUT2D eigenvalue weighted by Gasteiger charge is 2.32. The number of hydrogen-bond acceptors (Lipinski definition) is 5. The molecule has 0 unspecified atom stereocenters. The molecule has 138 valence electrons. The maximum atomic E-state index is 12.9. The second-order valence-corrected chi connectivity index (χ2v) is 7.11. The molecular weight excluding hydrogens is 322 g/mol. The first kappa shape index (κ1) is 18.1. The van der Waals surface area contributed by atoms with Crippen LogP contribution in [0.4, 0.5) is 0 Å². The standard InChI is InChI=1S/C18H27N3O4/c1-19-4-2-3-16(17(19)23)18(24)21-11-14(9-15(12-21)13-22)10-20-5-7-25-8-6-20/h2-4,14-15,22H,5-13H2,1H3/t14-,15+/m0/s1. The molecule has 2 saturated heterocycles. The number of hydrogen-bond donors (Lipinski definition) is 1. The van der Waals surface area contributed by atoms with E-state index in [-0.39, 0.29) is 29.6 Å². The number of morpholine rings is 1. The first-order valence-electron chi connectivity index (χ1n) is 8.94. The number of aliphatic hydroxyl groups excluding tert-OH is 1. The van der Waals surface area contributed by atoms with Gasteiger partial charge in [0, 0.05) is 52.6 Å². The van der Waals surface area contributed by atoms with Crippen molar-refractivity contribution in [2.45, 2.75) is 6.42 Å². The predicted molar refractivity (Wildman–Crippen MR) is 93.5 cm³/mol. The number of aromatic nitrogens is 1. The van der Waals surface area contributed by atoms with Gasteiger partial charge in [-0.25, -0.2) is 0 Å². The van der Waals surface area contributed by atoms with Crippen LogP contribution >= 0.6 is 0 Å². The highest BCUT2D eigenvalue weighted by atomic mass is 16.5. The summed E-state index contributed by atoms with van der Waals surface area (Å²) < 4.78 is 6.81. The average molecular weight is 349 g/mol. The first-order valence-corrected chi connectivity index (χ1v) is 8.94. The number of carbonyl (C=O) groups is 1. The van der Waals surface area contributed by atoms with Crippen molar-refractivity contribution in [1.82, 2.24) is 14.4 Å². The molecule has 7 nitrogen and oxygen atoms in total. The summed E-state index contributed by atoms with van der Waals surface area (Å²) in [5.74, 6) is 0.142. The summed E-state index contributed by atoms with van der Waals surface area (Å²) in [6.45, 7) is 5.42. The van der Waals surface area contributed by atoms with Gasteiger partial charge in [0.25, 0.3) is 11.5 Å². The van der Waals surface area contributed by atoms with E-state index in [2.05, 4.69) is 4.90 Å². The van der Waals surface area contributed by atoms with E-state index >= 15 is 0 Å². The minimum atomic E-state index is -0.275. The molecule has 0 spiro atoms. The smallest absolute Gasteiger partial charge is 0.263 e. The van der Waals surface area contributed by atoms with Crippen molar-refractivity contribution in [3.63, 3.8) is 0 Å². The van der Waals surface area contributed by atoms with Gasteiger partial charge in [-0.1, -0.05) is 0 Å². The lowest BCUT2D eigenvalue weighted by atomic mass is 9.88. The van der Waals surface area contributed by atoms with Crippen LogP contribution < -0.4 is 5.56 Å². The van der Waals surface area contributed by atoms with Crippen LogP contribution in [0.5, 0.6) is 0 Å². The first-order chi connectivity index (χ1) is 12.1. The number of rotatable bonds is 4. The van der Waals surface area contributed by atoms with Crippen molar-refractivity contribution in [2.24, 2.45) is 18.9 Å². The average Bonchev–Trinajstić information content (AvgIpc) is 2.64. The molecule has 3 heterocycles. The number of carbonyl (C=O) groups excluding carboxylic acids is 1. The summed E-state index contributed by atoms with van der Waals surface area (Å²) in [6.07, 6.45) is 2.55. The van der Waals surface area contributed by atoms with Gasteiger partial charge in [0.15, 0.2) is 0 Å². The number of amides is 1. The molecule has 0 saturated carbocycles. The third-order valence-electron chi connectivity index (χ3n) is 5.14. The van der Waals surface area contributed by atoms with Crippen LogP contribution in [0.2, 0.25) is 0 Å². The Bertz CT molecular complexity index is 654. The molecule has 2 aliphatic rings. The zero-order valence-electron chi connectivity index (χ0n) is 14.8. The van der Waals surface area contributed by atoms with Crippen molar-refractivity contribution in [1.29, 1.82) is 0 Å². The monoisotopic (exact) mass is 349 g/mol. The number of nitrogens with zero attached hydrogens (tertiary/aromatic N) is 3. The molecule has 0 aliphatic carbocycles. The molecule has 7 heteroatoms. The molecule has 3 rings (SSSR count). The molecule has 2 aliphatic heterocycles. The fourth-order valence-corrected chi connectivity index (χ4v) is 3.83. The molecule has 2 fully saturated rings. The number of likely N-dealkylation sites (tertiary alicyclic amines) is 1. The largest absolute Gasteiger partial charge is 0.396 e. The fraction of sp³-hybridized carbons (Fsp3) is 0.667. The van der Waals surface area contributed by atoms with Crippen LogP contribution in [0.3, 0.4) is 0 Å². The van der Waals surface area contributed by atoms with Gasteiger partial charge in [-0.2, -0.15) is 0 Å². The van der Waals surface area contributed by atoms with Gasteiger partial charge in [-0.3, -0.25) is 14.5 Å². The van der Waals surface area contributed by atoms with Crippen molar-refractivity contribution in [2.75, 3.05) is 52.5 Å². The van der Waals surface area contributed by atoms with E-state index in [1.54, 1.807) is 30.3 Å². The minimum Gasteiger partial charge on any atom is -0.396 e. The van der Waals surface area contributed by atoms with Crippen molar-refractivity contribution < 1.29 is 14.6 Å². The van der Waals surface area contributed by atoms with Gasteiger partial charge in [-0.05, 0) is 30.4 Å². The maximum absolute atomic E-state index is 12.9.